The second-order valence-electron chi connectivity index (χ2n) is 5.67. The van der Waals surface area contributed by atoms with Crippen molar-refractivity contribution in [3.05, 3.63) is 18.6 Å². The molecule has 0 aromatic carbocycles. The molecule has 0 radical (unpaired) electrons. The van der Waals surface area contributed by atoms with Crippen LogP contribution < -0.4 is 5.32 Å². The monoisotopic (exact) mass is 340 g/mol. The number of alkyl halides is 1. The fourth-order valence-corrected chi connectivity index (χ4v) is 3.09. The number of hydrogen-bond acceptors (Lipinski definition) is 6. The van der Waals surface area contributed by atoms with Gasteiger partial charge < -0.3 is 24.8 Å². The molecule has 23 heavy (non-hydrogen) atoms. The molecule has 1 aliphatic heterocycles. The maximum Gasteiger partial charge on any atom is 0.222 e. The molecule has 2 aromatic rings. The molecule has 2 aromatic heterocycles. The van der Waals surface area contributed by atoms with E-state index in [4.69, 9.17) is 16.3 Å². The molecule has 1 fully saturated rings. The van der Waals surface area contributed by atoms with Crippen LogP contribution in [0.4, 0.5) is 5.82 Å². The molecule has 0 spiro atoms. The Hall–Kier alpha value is -1.74. The lowest BCUT2D eigenvalue weighted by atomic mass is 10.0. The van der Waals surface area contributed by atoms with Crippen LogP contribution in [0.25, 0.3) is 11.0 Å². The van der Waals surface area contributed by atoms with Crippen LogP contribution in [0.1, 0.15) is 20.1 Å². The van der Waals surface area contributed by atoms with Gasteiger partial charge in [-0.15, -0.1) is 11.6 Å². The zero-order valence-electron chi connectivity index (χ0n) is 12.6. The van der Waals surface area contributed by atoms with Crippen LogP contribution in [-0.4, -0.2) is 54.3 Å². The Morgan fingerprint density at radius 2 is 2.30 bits per heavy atom. The van der Waals surface area contributed by atoms with E-state index in [9.17, 15) is 15.0 Å². The number of aliphatic hydroxyl groups is 2. The largest absolute Gasteiger partial charge is 0.394 e. The van der Waals surface area contributed by atoms with Crippen LogP contribution in [0.5, 0.6) is 0 Å². The summed E-state index contributed by atoms with van der Waals surface area (Å²) in [6.07, 6.45) is 0.478. The first-order chi connectivity index (χ1) is 10.9. The predicted octanol–water partition coefficient (Wildman–Crippen LogP) is 0.638. The van der Waals surface area contributed by atoms with Crippen molar-refractivity contribution in [1.82, 2.24) is 14.5 Å². The molecule has 0 aliphatic carbocycles. The number of nitrogens with one attached hydrogen (secondary N) is 1. The first kappa shape index (κ1) is 16.1. The van der Waals surface area contributed by atoms with Gasteiger partial charge in [-0.2, -0.15) is 0 Å². The lowest BCUT2D eigenvalue weighted by Gasteiger charge is -2.26. The van der Waals surface area contributed by atoms with E-state index < -0.39 is 23.3 Å². The van der Waals surface area contributed by atoms with Crippen LogP contribution >= 0.6 is 11.6 Å². The highest BCUT2D eigenvalue weighted by Crippen LogP contribution is 2.44. The summed E-state index contributed by atoms with van der Waals surface area (Å²) in [7, 11) is 0. The summed E-state index contributed by atoms with van der Waals surface area (Å²) >= 11 is 6.45. The normalized spacial score (nSPS) is 30.7. The highest BCUT2D eigenvalue weighted by Gasteiger charge is 2.53. The zero-order chi connectivity index (χ0) is 16.8. The van der Waals surface area contributed by atoms with E-state index in [1.807, 2.05) is 0 Å². The minimum Gasteiger partial charge on any atom is -0.394 e. The molecule has 3 rings (SSSR count). The molecule has 1 aliphatic rings. The Balaban J connectivity index is 2.06. The van der Waals surface area contributed by atoms with Crippen molar-refractivity contribution in [1.29, 1.82) is 0 Å². The third kappa shape index (κ3) is 2.57. The molecular weight excluding hydrogens is 324 g/mol. The third-order valence-electron chi connectivity index (χ3n) is 3.95. The molecule has 2 unspecified atom stereocenters. The molecule has 9 heteroatoms. The minimum atomic E-state index is -1.14. The second-order valence-corrected chi connectivity index (χ2v) is 6.48. The predicted molar refractivity (Wildman–Crippen MR) is 83.1 cm³/mol. The summed E-state index contributed by atoms with van der Waals surface area (Å²) in [6.45, 7) is 2.69. The smallest absolute Gasteiger partial charge is 0.222 e. The molecule has 3 heterocycles. The molecule has 8 nitrogen and oxygen atoms in total. The van der Waals surface area contributed by atoms with E-state index in [0.29, 0.717) is 16.9 Å². The van der Waals surface area contributed by atoms with Crippen molar-refractivity contribution in [3.63, 3.8) is 0 Å². The van der Waals surface area contributed by atoms with E-state index >= 15 is 0 Å². The lowest BCUT2D eigenvalue weighted by Crippen LogP contribution is -2.39. The van der Waals surface area contributed by atoms with Gasteiger partial charge in [-0.25, -0.2) is 9.97 Å². The number of carbonyl (C=O) groups excluding carboxylic acids is 1. The van der Waals surface area contributed by atoms with Gasteiger partial charge in [-0.3, -0.25) is 4.79 Å². The molecule has 1 amide bonds. The van der Waals surface area contributed by atoms with Crippen molar-refractivity contribution in [2.24, 2.45) is 0 Å². The minimum absolute atomic E-state index is 0.243. The van der Waals surface area contributed by atoms with E-state index in [1.165, 1.54) is 13.3 Å². The Labute approximate surface area is 137 Å². The summed E-state index contributed by atoms with van der Waals surface area (Å²) in [5, 5.41) is 22.8. The number of aliphatic hydroxyl groups excluding tert-OH is 2. The van der Waals surface area contributed by atoms with Gasteiger partial charge in [0.1, 0.15) is 34.9 Å². The maximum atomic E-state index is 11.3. The van der Waals surface area contributed by atoms with E-state index in [2.05, 4.69) is 15.3 Å². The summed E-state index contributed by atoms with van der Waals surface area (Å²) < 4.78 is 7.36. The number of hydrogen-bond donors (Lipinski definition) is 3. The van der Waals surface area contributed by atoms with Gasteiger partial charge in [0.2, 0.25) is 5.91 Å². The Morgan fingerprint density at radius 3 is 2.91 bits per heavy atom. The van der Waals surface area contributed by atoms with Crippen LogP contribution in [0.3, 0.4) is 0 Å². The average Bonchev–Trinajstić information content (AvgIpc) is 3.00. The zero-order valence-corrected chi connectivity index (χ0v) is 13.4. The van der Waals surface area contributed by atoms with Gasteiger partial charge in [0.05, 0.1) is 12.0 Å². The van der Waals surface area contributed by atoms with Gasteiger partial charge in [-0.05, 0) is 13.0 Å². The van der Waals surface area contributed by atoms with Crippen molar-refractivity contribution >= 4 is 34.4 Å². The quantitative estimate of drug-likeness (QED) is 0.707. The Bertz CT molecular complexity index is 747. The summed E-state index contributed by atoms with van der Waals surface area (Å²) in [4.78, 5) is 18.4. The molecule has 0 saturated carbocycles. The molecular formula is C14H17ClN4O4. The van der Waals surface area contributed by atoms with Crippen LogP contribution in [0.2, 0.25) is 0 Å². The molecule has 4 atom stereocenters. The van der Waals surface area contributed by atoms with Gasteiger partial charge in [0, 0.05) is 13.1 Å². The third-order valence-corrected chi connectivity index (χ3v) is 4.36. The van der Waals surface area contributed by atoms with Gasteiger partial charge in [0.25, 0.3) is 0 Å². The second kappa shape index (κ2) is 5.72. The van der Waals surface area contributed by atoms with E-state index in [0.717, 1.165) is 0 Å². The standard InChI is InChI=1S/C14H17ClN4O4/c1-7(21)18-11-8-3-4-19(12(8)17-6-16-11)13-14(2,15)10(22)9(5-20)23-13/h3-4,6,9-10,13,20,22H,5H2,1-2H3,(H,16,17,18,21)/t9?,10?,13-,14-/m1/s1. The number of amides is 1. The topological polar surface area (TPSA) is 110 Å². The number of ether oxygens (including phenoxy) is 1. The number of carbonyl (C=O) groups is 1. The van der Waals surface area contributed by atoms with Crippen molar-refractivity contribution in [2.45, 2.75) is 37.2 Å². The SMILES string of the molecule is CC(=O)Nc1ncnc2c1ccn2[C@@H]1OC(CO)C(O)[C@@]1(C)Cl. The number of halogens is 1. The van der Waals surface area contributed by atoms with E-state index in [-0.39, 0.29) is 12.5 Å². The van der Waals surface area contributed by atoms with Gasteiger partial charge in [-0.1, -0.05) is 0 Å². The molecule has 124 valence electrons. The number of nitrogens with zero attached hydrogens (tertiary/aromatic N) is 3. The van der Waals surface area contributed by atoms with Crippen LogP contribution in [0.15, 0.2) is 18.6 Å². The number of fused-ring (bicyclic) bond motifs is 1. The Morgan fingerprint density at radius 1 is 1.57 bits per heavy atom. The van der Waals surface area contributed by atoms with E-state index in [1.54, 1.807) is 23.8 Å². The van der Waals surface area contributed by atoms with Crippen LogP contribution in [0, 0.1) is 0 Å². The maximum absolute atomic E-state index is 11.3. The summed E-state index contributed by atoms with van der Waals surface area (Å²) in [5.74, 6) is 0.141. The van der Waals surface area contributed by atoms with Crippen molar-refractivity contribution < 1.29 is 19.7 Å². The summed E-state index contributed by atoms with van der Waals surface area (Å²) in [6, 6.07) is 1.73. The highest BCUT2D eigenvalue weighted by atomic mass is 35.5. The average molecular weight is 341 g/mol. The van der Waals surface area contributed by atoms with Crippen molar-refractivity contribution in [3.8, 4) is 0 Å². The fourth-order valence-electron chi connectivity index (χ4n) is 2.79. The fraction of sp³-hybridized carbons (Fsp3) is 0.500. The van der Waals surface area contributed by atoms with Gasteiger partial charge >= 0.3 is 0 Å². The first-order valence-corrected chi connectivity index (χ1v) is 7.46. The summed E-state index contributed by atoms with van der Waals surface area (Å²) in [5.41, 5.74) is 0.506. The van der Waals surface area contributed by atoms with Crippen LogP contribution in [-0.2, 0) is 9.53 Å². The highest BCUT2D eigenvalue weighted by molar-refractivity contribution is 6.24. The molecule has 3 N–H and O–H groups in total. The van der Waals surface area contributed by atoms with Crippen molar-refractivity contribution in [2.75, 3.05) is 11.9 Å². The number of anilines is 1. The molecule has 1 saturated heterocycles. The molecule has 0 bridgehead atoms. The Kier molecular flexibility index (Phi) is 4.01. The lowest BCUT2D eigenvalue weighted by molar-refractivity contribution is -0.114. The van der Waals surface area contributed by atoms with Gasteiger partial charge in [0.15, 0.2) is 6.23 Å². The first-order valence-electron chi connectivity index (χ1n) is 7.08. The number of rotatable bonds is 3. The number of aromatic nitrogens is 3.